The van der Waals surface area contributed by atoms with Crippen molar-refractivity contribution in [2.75, 3.05) is 36.5 Å². The van der Waals surface area contributed by atoms with Crippen LogP contribution < -0.4 is 14.5 Å². The first-order valence-corrected chi connectivity index (χ1v) is 11.2. The topological polar surface area (TPSA) is 53.1 Å². The zero-order chi connectivity index (χ0) is 23.4. The van der Waals surface area contributed by atoms with E-state index in [0.29, 0.717) is 28.6 Å². The molecule has 168 valence electrons. The average molecular weight is 472 g/mol. The lowest BCUT2D eigenvalue weighted by Crippen LogP contribution is -2.56. The Labute approximate surface area is 199 Å². The third-order valence-corrected chi connectivity index (χ3v) is 6.03. The molecule has 3 rings (SSSR count). The second-order valence-corrected chi connectivity index (χ2v) is 7.91. The number of rotatable bonds is 7. The molecule has 1 fully saturated rings. The van der Waals surface area contributed by atoms with E-state index in [1.54, 1.807) is 37.5 Å². The Morgan fingerprint density at radius 2 is 1.69 bits per heavy atom. The molecule has 2 amide bonds. The second kappa shape index (κ2) is 10.1. The fourth-order valence-electron chi connectivity index (χ4n) is 3.63. The Bertz CT molecular complexity index is 1060. The molecule has 6 nitrogen and oxygen atoms in total. The molecule has 8 heteroatoms. The molecule has 2 aromatic carbocycles. The number of halogens is 1. The van der Waals surface area contributed by atoms with Crippen LogP contribution in [0.5, 0.6) is 5.75 Å². The van der Waals surface area contributed by atoms with Gasteiger partial charge < -0.3 is 9.64 Å². The van der Waals surface area contributed by atoms with E-state index in [9.17, 15) is 9.59 Å². The molecular weight excluding hydrogens is 446 g/mol. The van der Waals surface area contributed by atoms with Gasteiger partial charge in [-0.2, -0.15) is 0 Å². The lowest BCUT2D eigenvalue weighted by molar-refractivity contribution is -0.127. The van der Waals surface area contributed by atoms with Crippen molar-refractivity contribution in [2.24, 2.45) is 0 Å². The molecule has 32 heavy (non-hydrogen) atoms. The van der Waals surface area contributed by atoms with E-state index in [1.807, 2.05) is 25.1 Å². The van der Waals surface area contributed by atoms with Gasteiger partial charge in [0.15, 0.2) is 5.11 Å². The average Bonchev–Trinajstić information content (AvgIpc) is 2.79. The summed E-state index contributed by atoms with van der Waals surface area (Å²) < 4.78 is 5.57. The van der Waals surface area contributed by atoms with Crippen LogP contribution in [0.25, 0.3) is 6.08 Å². The van der Waals surface area contributed by atoms with Gasteiger partial charge >= 0.3 is 0 Å². The molecule has 2 aromatic rings. The number of thiocarbonyl (C=S) groups is 1. The molecule has 1 heterocycles. The highest BCUT2D eigenvalue weighted by atomic mass is 35.5. The van der Waals surface area contributed by atoms with E-state index >= 15 is 0 Å². The van der Waals surface area contributed by atoms with Crippen molar-refractivity contribution < 1.29 is 14.3 Å². The molecule has 0 atom stereocenters. The fourth-order valence-corrected chi connectivity index (χ4v) is 4.16. The van der Waals surface area contributed by atoms with Crippen molar-refractivity contribution in [2.45, 2.75) is 20.8 Å². The molecule has 0 aromatic heterocycles. The van der Waals surface area contributed by atoms with Crippen molar-refractivity contribution in [3.63, 3.8) is 0 Å². The van der Waals surface area contributed by atoms with Crippen LogP contribution in [0.1, 0.15) is 26.3 Å². The van der Waals surface area contributed by atoms with E-state index < -0.39 is 11.8 Å². The molecule has 0 spiro atoms. The van der Waals surface area contributed by atoms with Crippen LogP contribution in [-0.4, -0.2) is 48.6 Å². The van der Waals surface area contributed by atoms with Crippen molar-refractivity contribution in [1.82, 2.24) is 4.90 Å². The zero-order valence-electron chi connectivity index (χ0n) is 18.6. The van der Waals surface area contributed by atoms with Gasteiger partial charge in [-0.15, -0.1) is 0 Å². The van der Waals surface area contributed by atoms with Crippen molar-refractivity contribution in [1.29, 1.82) is 0 Å². The van der Waals surface area contributed by atoms with Crippen LogP contribution in [0.15, 0.2) is 48.0 Å². The van der Waals surface area contributed by atoms with Crippen LogP contribution in [-0.2, 0) is 9.59 Å². The Morgan fingerprint density at radius 1 is 1.03 bits per heavy atom. The van der Waals surface area contributed by atoms with Gasteiger partial charge in [-0.1, -0.05) is 11.6 Å². The smallest absolute Gasteiger partial charge is 0.270 e. The molecule has 0 radical (unpaired) electrons. The summed E-state index contributed by atoms with van der Waals surface area (Å²) in [5, 5.41) is 0.687. The van der Waals surface area contributed by atoms with Gasteiger partial charge in [-0.05, 0) is 75.5 Å². The number of nitrogens with zero attached hydrogens (tertiary/aromatic N) is 3. The molecule has 1 aliphatic rings. The number of hydrogen-bond donors (Lipinski definition) is 0. The molecular formula is C24H26ClN3O3S. The van der Waals surface area contributed by atoms with Crippen molar-refractivity contribution in [3.8, 4) is 5.75 Å². The van der Waals surface area contributed by atoms with Crippen molar-refractivity contribution in [3.05, 3.63) is 58.6 Å². The first kappa shape index (κ1) is 23.8. The lowest BCUT2D eigenvalue weighted by Gasteiger charge is -2.36. The maximum Gasteiger partial charge on any atom is 0.270 e. The van der Waals surface area contributed by atoms with Gasteiger partial charge in [-0.3, -0.25) is 19.4 Å². The second-order valence-electron chi connectivity index (χ2n) is 7.11. The summed E-state index contributed by atoms with van der Waals surface area (Å²) in [5.74, 6) is -0.332. The summed E-state index contributed by atoms with van der Waals surface area (Å²) in [6.45, 7) is 8.03. The number of methoxy groups -OCH3 is 1. The summed E-state index contributed by atoms with van der Waals surface area (Å²) in [5.41, 5.74) is 2.21. The molecule has 0 aliphatic carbocycles. The zero-order valence-corrected chi connectivity index (χ0v) is 20.2. The summed E-state index contributed by atoms with van der Waals surface area (Å²) in [6, 6.07) is 12.5. The van der Waals surface area contributed by atoms with Gasteiger partial charge in [0, 0.05) is 42.0 Å². The normalized spacial score (nSPS) is 15.5. The van der Waals surface area contributed by atoms with Crippen LogP contribution >= 0.6 is 23.8 Å². The molecule has 0 N–H and O–H groups in total. The lowest BCUT2D eigenvalue weighted by atomic mass is 10.0. The fraction of sp³-hybridized carbons (Fsp3) is 0.292. The van der Waals surface area contributed by atoms with E-state index in [1.165, 1.54) is 9.80 Å². The molecule has 0 bridgehead atoms. The van der Waals surface area contributed by atoms with Crippen LogP contribution in [0.3, 0.4) is 0 Å². The Kier molecular flexibility index (Phi) is 7.53. The van der Waals surface area contributed by atoms with Gasteiger partial charge in [0.25, 0.3) is 11.8 Å². The minimum absolute atomic E-state index is 0.0179. The van der Waals surface area contributed by atoms with E-state index in [4.69, 9.17) is 28.6 Å². The number of anilines is 2. The van der Waals surface area contributed by atoms with E-state index in [2.05, 4.69) is 18.7 Å². The van der Waals surface area contributed by atoms with Gasteiger partial charge in [-0.25, -0.2) is 0 Å². The molecule has 1 saturated heterocycles. The van der Waals surface area contributed by atoms with Crippen LogP contribution in [0, 0.1) is 0 Å². The summed E-state index contributed by atoms with van der Waals surface area (Å²) in [4.78, 5) is 31.5. The number of carbonyl (C=O) groups is 2. The molecule has 0 saturated carbocycles. The monoisotopic (exact) mass is 471 g/mol. The number of amides is 2. The summed E-state index contributed by atoms with van der Waals surface area (Å²) in [7, 11) is 1.57. The highest BCUT2D eigenvalue weighted by Crippen LogP contribution is 2.31. The van der Waals surface area contributed by atoms with E-state index in [0.717, 1.165) is 18.8 Å². The number of likely N-dealkylation sites (N-methyl/N-ethyl adjacent to an activating group) is 1. The number of carbonyl (C=O) groups excluding carboxylic acids is 2. The summed E-state index contributed by atoms with van der Waals surface area (Å²) >= 11 is 11.5. The molecule has 0 unspecified atom stereocenters. The first-order chi connectivity index (χ1) is 15.4. The van der Waals surface area contributed by atoms with Gasteiger partial charge in [0.2, 0.25) is 0 Å². The van der Waals surface area contributed by atoms with Gasteiger partial charge in [0.1, 0.15) is 11.3 Å². The number of benzene rings is 2. The third kappa shape index (κ3) is 4.49. The highest BCUT2D eigenvalue weighted by Gasteiger charge is 2.39. The number of ether oxygens (including phenoxy) is 1. The quantitative estimate of drug-likeness (QED) is 0.331. The maximum absolute atomic E-state index is 13.4. The van der Waals surface area contributed by atoms with Crippen molar-refractivity contribution >= 4 is 58.2 Å². The first-order valence-electron chi connectivity index (χ1n) is 10.5. The minimum Gasteiger partial charge on any atom is -0.496 e. The number of hydrogen-bond acceptors (Lipinski definition) is 5. The standard InChI is InChI=1S/C24H26ClN3O3S/c1-5-26(6-2)19-11-8-16(21(15-19)31-4)14-20-22(29)27(7-3)24(32)28(23(20)30)18-12-9-17(25)10-13-18/h8-15H,5-7H2,1-4H3/b20-14+. The minimum atomic E-state index is -0.484. The largest absolute Gasteiger partial charge is 0.496 e. The predicted octanol–water partition coefficient (Wildman–Crippen LogP) is 4.76. The SMILES string of the molecule is CCN1C(=O)/C(=C\c2ccc(N(CC)CC)cc2OC)C(=O)N(c2ccc(Cl)cc2)C1=S. The van der Waals surface area contributed by atoms with Crippen LogP contribution in [0.2, 0.25) is 5.02 Å². The Morgan fingerprint density at radius 3 is 2.25 bits per heavy atom. The van der Waals surface area contributed by atoms with E-state index in [-0.39, 0.29) is 10.7 Å². The summed E-state index contributed by atoms with van der Waals surface area (Å²) in [6.07, 6.45) is 1.57. The predicted molar refractivity (Wildman–Crippen MR) is 133 cm³/mol. The maximum atomic E-state index is 13.4. The third-order valence-electron chi connectivity index (χ3n) is 5.38. The molecule has 1 aliphatic heterocycles. The Balaban J connectivity index is 2.08. The van der Waals surface area contributed by atoms with Crippen LogP contribution in [0.4, 0.5) is 11.4 Å². The Hall–Kier alpha value is -2.90. The highest BCUT2D eigenvalue weighted by molar-refractivity contribution is 7.80. The van der Waals surface area contributed by atoms with Gasteiger partial charge in [0.05, 0.1) is 12.8 Å².